The molecule has 0 aliphatic heterocycles. The molecule has 0 radical (unpaired) electrons. The van der Waals surface area contributed by atoms with Crippen LogP contribution in [0, 0.1) is 12.8 Å². The molecule has 0 spiro atoms. The monoisotopic (exact) mass is 270 g/mol. The van der Waals surface area contributed by atoms with Gasteiger partial charge in [-0.25, -0.2) is 13.1 Å². The molecule has 0 unspecified atom stereocenters. The molecule has 1 rings (SSSR count). The second kappa shape index (κ2) is 6.78. The maximum absolute atomic E-state index is 11.9. The van der Waals surface area contributed by atoms with Crippen molar-refractivity contribution in [2.75, 3.05) is 19.8 Å². The lowest BCUT2D eigenvalue weighted by molar-refractivity contribution is 0.150. The van der Waals surface area contributed by atoms with Crippen LogP contribution in [0.1, 0.15) is 19.4 Å². The summed E-state index contributed by atoms with van der Waals surface area (Å²) < 4.78 is 31.5. The van der Waals surface area contributed by atoms with Gasteiger partial charge in [-0.15, -0.1) is 0 Å². The molecule has 0 saturated carbocycles. The number of hydrogen-bond acceptors (Lipinski definition) is 3. The van der Waals surface area contributed by atoms with Gasteiger partial charge in [0.1, 0.15) is 5.92 Å². The first-order chi connectivity index (χ1) is 8.42. The minimum Gasteiger partial charge on any atom is -0.338 e. The van der Waals surface area contributed by atoms with E-state index in [4.69, 9.17) is 4.74 Å². The Hall–Kier alpha value is -1.04. The van der Waals surface area contributed by atoms with Crippen LogP contribution in [-0.4, -0.2) is 28.2 Å². The molecule has 18 heavy (non-hydrogen) atoms. The molecule has 5 heteroatoms. The molecule has 0 aliphatic rings. The first-order valence-corrected chi connectivity index (χ1v) is 7.33. The van der Waals surface area contributed by atoms with Crippen molar-refractivity contribution in [2.24, 2.45) is 0 Å². The Labute approximate surface area is 109 Å². The van der Waals surface area contributed by atoms with Crippen molar-refractivity contribution in [3.63, 3.8) is 0 Å². The van der Waals surface area contributed by atoms with Crippen LogP contribution < -0.4 is 4.72 Å². The zero-order valence-electron chi connectivity index (χ0n) is 11.1. The summed E-state index contributed by atoms with van der Waals surface area (Å²) in [7, 11) is -3.41. The summed E-state index contributed by atoms with van der Waals surface area (Å²) in [6.45, 7) is 7.07. The Morgan fingerprint density at radius 1 is 1.22 bits per heavy atom. The van der Waals surface area contributed by atoms with Crippen LogP contribution in [0.4, 0.5) is 0 Å². The van der Waals surface area contributed by atoms with Crippen molar-refractivity contribution in [1.82, 2.24) is 4.72 Å². The van der Waals surface area contributed by atoms with Gasteiger partial charge < -0.3 is 4.74 Å². The fourth-order valence-corrected chi connectivity index (χ4v) is 2.34. The zero-order valence-corrected chi connectivity index (χ0v) is 11.9. The van der Waals surface area contributed by atoms with E-state index in [-0.39, 0.29) is 11.4 Å². The average molecular weight is 270 g/mol. The highest BCUT2D eigenvalue weighted by atomic mass is 32.2. The molecule has 0 saturated heterocycles. The Morgan fingerprint density at radius 3 is 2.39 bits per heavy atom. The Bertz CT molecular complexity index is 452. The van der Waals surface area contributed by atoms with Crippen molar-refractivity contribution in [3.05, 3.63) is 35.7 Å². The first-order valence-electron chi connectivity index (χ1n) is 5.85. The third kappa shape index (κ3) is 5.08. The van der Waals surface area contributed by atoms with E-state index in [1.165, 1.54) is 0 Å². The van der Waals surface area contributed by atoms with E-state index in [1.807, 2.05) is 20.8 Å². The van der Waals surface area contributed by atoms with Gasteiger partial charge in [-0.3, -0.25) is 0 Å². The summed E-state index contributed by atoms with van der Waals surface area (Å²) in [5, 5.41) is 0. The third-order valence-corrected chi connectivity index (χ3v) is 3.74. The zero-order chi connectivity index (χ0) is 13.6. The molecule has 0 atom stereocenters. The van der Waals surface area contributed by atoms with Gasteiger partial charge in [-0.2, -0.15) is 0 Å². The van der Waals surface area contributed by atoms with E-state index in [0.717, 1.165) is 11.5 Å². The minimum atomic E-state index is -3.41. The second-order valence-electron chi connectivity index (χ2n) is 4.47. The van der Waals surface area contributed by atoms with Crippen LogP contribution >= 0.6 is 0 Å². The lowest BCUT2D eigenvalue weighted by atomic mass is 10.2. The van der Waals surface area contributed by atoms with E-state index >= 15 is 0 Å². The molecule has 0 amide bonds. The van der Waals surface area contributed by atoms with Crippen LogP contribution in [0.2, 0.25) is 0 Å². The van der Waals surface area contributed by atoms with E-state index < -0.39 is 10.0 Å². The highest BCUT2D eigenvalue weighted by Crippen LogP contribution is 2.09. The topological polar surface area (TPSA) is 55.4 Å². The molecular formula is C13H20NO3S+. The van der Waals surface area contributed by atoms with Crippen molar-refractivity contribution >= 4 is 10.0 Å². The largest absolute Gasteiger partial charge is 0.338 e. The van der Waals surface area contributed by atoms with Crippen molar-refractivity contribution < 1.29 is 13.2 Å². The van der Waals surface area contributed by atoms with Crippen molar-refractivity contribution in [3.8, 4) is 0 Å². The molecule has 0 aromatic heterocycles. The van der Waals surface area contributed by atoms with E-state index in [0.29, 0.717) is 13.2 Å². The lowest BCUT2D eigenvalue weighted by Gasteiger charge is -2.06. The van der Waals surface area contributed by atoms with E-state index in [9.17, 15) is 8.42 Å². The molecule has 1 aromatic rings. The Kier molecular flexibility index (Phi) is 5.65. The average Bonchev–Trinajstić information content (AvgIpc) is 2.28. The van der Waals surface area contributed by atoms with Crippen molar-refractivity contribution in [2.45, 2.75) is 25.7 Å². The van der Waals surface area contributed by atoms with Gasteiger partial charge in [-0.05, 0) is 19.1 Å². The van der Waals surface area contributed by atoms with Gasteiger partial charge in [0.25, 0.3) is 0 Å². The van der Waals surface area contributed by atoms with Gasteiger partial charge in [0.15, 0.2) is 6.61 Å². The number of benzene rings is 1. The summed E-state index contributed by atoms with van der Waals surface area (Å²) in [4.78, 5) is 0.284. The van der Waals surface area contributed by atoms with Gasteiger partial charge in [0, 0.05) is 6.54 Å². The lowest BCUT2D eigenvalue weighted by Crippen LogP contribution is -2.27. The highest BCUT2D eigenvalue weighted by molar-refractivity contribution is 7.89. The summed E-state index contributed by atoms with van der Waals surface area (Å²) in [5.74, 6) is 1.16. The van der Waals surface area contributed by atoms with Gasteiger partial charge in [0.05, 0.1) is 25.3 Å². The predicted molar refractivity (Wildman–Crippen MR) is 71.8 cm³/mol. The minimum absolute atomic E-state index is 0.281. The molecule has 0 aliphatic carbocycles. The SMILES string of the molecule is Cc1ccc(S(=O)(=O)NCCOC[C+](C)C)cc1. The number of hydrogen-bond donors (Lipinski definition) is 1. The fourth-order valence-electron chi connectivity index (χ4n) is 1.33. The standard InChI is InChI=1S/C13H20NO3S/c1-11(2)10-17-9-8-14-18(15,16)13-6-4-12(3)5-7-13/h4-7,14H,8-10H2,1-3H3/q+1. The summed E-state index contributed by atoms with van der Waals surface area (Å²) >= 11 is 0. The van der Waals surface area contributed by atoms with Crippen LogP contribution in [0.25, 0.3) is 0 Å². The Balaban J connectivity index is 2.43. The van der Waals surface area contributed by atoms with E-state index in [1.54, 1.807) is 24.3 Å². The molecule has 0 bridgehead atoms. The number of rotatable bonds is 7. The van der Waals surface area contributed by atoms with Crippen LogP contribution in [-0.2, 0) is 14.8 Å². The Morgan fingerprint density at radius 2 is 1.83 bits per heavy atom. The third-order valence-electron chi connectivity index (χ3n) is 2.26. The predicted octanol–water partition coefficient (Wildman–Crippen LogP) is 1.90. The quantitative estimate of drug-likeness (QED) is 0.608. The maximum atomic E-state index is 11.9. The molecule has 0 fully saturated rings. The van der Waals surface area contributed by atoms with Crippen LogP contribution in [0.5, 0.6) is 0 Å². The van der Waals surface area contributed by atoms with Crippen LogP contribution in [0.15, 0.2) is 29.2 Å². The van der Waals surface area contributed by atoms with Crippen LogP contribution in [0.3, 0.4) is 0 Å². The second-order valence-corrected chi connectivity index (χ2v) is 6.24. The van der Waals surface area contributed by atoms with Crippen molar-refractivity contribution in [1.29, 1.82) is 0 Å². The number of nitrogens with one attached hydrogen (secondary N) is 1. The fraction of sp³-hybridized carbons (Fsp3) is 0.462. The van der Waals surface area contributed by atoms with Gasteiger partial charge >= 0.3 is 0 Å². The number of ether oxygens (including phenoxy) is 1. The molecule has 4 nitrogen and oxygen atoms in total. The summed E-state index contributed by atoms with van der Waals surface area (Å²) in [6, 6.07) is 6.76. The first kappa shape index (κ1) is 15.0. The number of aryl methyl sites for hydroxylation is 1. The summed E-state index contributed by atoms with van der Waals surface area (Å²) in [5.41, 5.74) is 1.03. The molecular weight excluding hydrogens is 250 g/mol. The number of sulfonamides is 1. The molecule has 0 heterocycles. The van der Waals surface area contributed by atoms with Gasteiger partial charge in [0.2, 0.25) is 10.0 Å². The normalized spacial score (nSPS) is 11.5. The molecule has 1 aromatic carbocycles. The smallest absolute Gasteiger partial charge is 0.240 e. The van der Waals surface area contributed by atoms with Gasteiger partial charge in [-0.1, -0.05) is 17.7 Å². The highest BCUT2D eigenvalue weighted by Gasteiger charge is 2.12. The van der Waals surface area contributed by atoms with E-state index in [2.05, 4.69) is 4.72 Å². The maximum Gasteiger partial charge on any atom is 0.240 e. The molecule has 1 N–H and O–H groups in total. The molecule has 100 valence electrons. The summed E-state index contributed by atoms with van der Waals surface area (Å²) in [6.07, 6.45) is 0.